The Bertz CT molecular complexity index is 1210. The molecule has 0 radical (unpaired) electrons. The monoisotopic (exact) mass is 407 g/mol. The zero-order chi connectivity index (χ0) is 21.3. The van der Waals surface area contributed by atoms with E-state index < -0.39 is 0 Å². The maximum Gasteiger partial charge on any atom is 0.255 e. The van der Waals surface area contributed by atoms with E-state index in [1.54, 1.807) is 43.3 Å². The predicted octanol–water partition coefficient (Wildman–Crippen LogP) is 4.58. The van der Waals surface area contributed by atoms with Crippen LogP contribution in [0, 0.1) is 20.8 Å². The fourth-order valence-corrected chi connectivity index (χ4v) is 3.11. The van der Waals surface area contributed by atoms with Gasteiger partial charge in [0.25, 0.3) is 5.91 Å². The van der Waals surface area contributed by atoms with Gasteiger partial charge in [-0.15, -0.1) is 0 Å². The highest BCUT2D eigenvalue weighted by Crippen LogP contribution is 2.30. The largest absolute Gasteiger partial charge is 0.493 e. The van der Waals surface area contributed by atoms with E-state index >= 15 is 0 Å². The molecule has 1 N–H and O–H groups in total. The van der Waals surface area contributed by atoms with Gasteiger partial charge < -0.3 is 23.7 Å². The Hall–Kier alpha value is -3.81. The summed E-state index contributed by atoms with van der Waals surface area (Å²) in [5.74, 6) is 1.99. The molecular weight excluding hydrogens is 386 g/mol. The van der Waals surface area contributed by atoms with Crippen LogP contribution in [-0.2, 0) is 6.61 Å². The Morgan fingerprint density at radius 1 is 1.10 bits per heavy atom. The summed E-state index contributed by atoms with van der Waals surface area (Å²) in [5.41, 5.74) is 4.09. The van der Waals surface area contributed by atoms with E-state index in [0.717, 1.165) is 11.3 Å². The first-order chi connectivity index (χ1) is 14.4. The van der Waals surface area contributed by atoms with E-state index in [0.29, 0.717) is 52.1 Å². The summed E-state index contributed by atoms with van der Waals surface area (Å²) in [4.78, 5) is 17.0. The van der Waals surface area contributed by atoms with Crippen molar-refractivity contribution >= 4 is 22.7 Å². The van der Waals surface area contributed by atoms with Gasteiger partial charge in [-0.1, -0.05) is 5.16 Å². The molecule has 0 aliphatic heterocycles. The molecule has 8 heteroatoms. The number of oxazole rings is 1. The van der Waals surface area contributed by atoms with E-state index in [-0.39, 0.29) is 5.91 Å². The van der Waals surface area contributed by atoms with E-state index in [2.05, 4.69) is 15.5 Å². The number of anilines is 1. The maximum atomic E-state index is 12.7. The molecule has 0 aliphatic rings. The van der Waals surface area contributed by atoms with Crippen molar-refractivity contribution in [3.05, 3.63) is 64.9 Å². The fourth-order valence-electron chi connectivity index (χ4n) is 3.11. The quantitative estimate of drug-likeness (QED) is 0.499. The van der Waals surface area contributed by atoms with Crippen LogP contribution < -0.4 is 14.8 Å². The minimum absolute atomic E-state index is 0.273. The first-order valence-corrected chi connectivity index (χ1v) is 9.35. The number of aromatic nitrogens is 2. The van der Waals surface area contributed by atoms with Crippen LogP contribution >= 0.6 is 0 Å². The van der Waals surface area contributed by atoms with Gasteiger partial charge in [-0.2, -0.15) is 0 Å². The van der Waals surface area contributed by atoms with Crippen LogP contribution in [-0.4, -0.2) is 23.2 Å². The summed E-state index contributed by atoms with van der Waals surface area (Å²) < 4.78 is 21.9. The molecule has 154 valence electrons. The molecule has 0 bridgehead atoms. The lowest BCUT2D eigenvalue weighted by Gasteiger charge is -2.12. The number of nitrogens with zero attached hydrogens (tertiary/aromatic N) is 2. The van der Waals surface area contributed by atoms with Crippen molar-refractivity contribution in [3.8, 4) is 11.5 Å². The predicted molar refractivity (Wildman–Crippen MR) is 110 cm³/mol. The third-order valence-electron chi connectivity index (χ3n) is 4.73. The molecule has 30 heavy (non-hydrogen) atoms. The number of fused-ring (bicyclic) bond motifs is 1. The summed E-state index contributed by atoms with van der Waals surface area (Å²) in [7, 11) is 1.53. The van der Waals surface area contributed by atoms with Crippen LogP contribution in [0.1, 0.15) is 33.3 Å². The fraction of sp³-hybridized carbons (Fsp3) is 0.227. The number of nitrogens with one attached hydrogen (secondary N) is 1. The summed E-state index contributed by atoms with van der Waals surface area (Å²) in [6.07, 6.45) is 0. The number of rotatable bonds is 6. The van der Waals surface area contributed by atoms with Gasteiger partial charge in [-0.05, 0) is 50.2 Å². The minimum atomic E-state index is -0.273. The molecule has 1 amide bonds. The zero-order valence-electron chi connectivity index (χ0n) is 17.1. The molecule has 0 aliphatic carbocycles. The van der Waals surface area contributed by atoms with E-state index in [1.165, 1.54) is 7.11 Å². The molecule has 4 aromatic rings. The second-order valence-corrected chi connectivity index (χ2v) is 6.83. The number of ether oxygens (including phenoxy) is 2. The Balaban J connectivity index is 1.50. The smallest absolute Gasteiger partial charge is 0.255 e. The molecule has 2 aromatic heterocycles. The lowest BCUT2D eigenvalue weighted by atomic mass is 10.1. The number of benzene rings is 2. The normalized spacial score (nSPS) is 10.9. The van der Waals surface area contributed by atoms with Gasteiger partial charge in [0.05, 0.1) is 18.4 Å². The lowest BCUT2D eigenvalue weighted by Crippen LogP contribution is -2.12. The Labute approximate surface area is 172 Å². The molecule has 0 fully saturated rings. The second-order valence-electron chi connectivity index (χ2n) is 6.83. The first kappa shape index (κ1) is 19.5. The SMILES string of the molecule is COc1cc(C(=O)Nc2ccc3oc(C)nc3c2)ccc1OCc1c(C)noc1C. The number of carbonyl (C=O) groups is 1. The van der Waals surface area contributed by atoms with Gasteiger partial charge in [-0.3, -0.25) is 4.79 Å². The molecule has 4 rings (SSSR count). The third-order valence-corrected chi connectivity index (χ3v) is 4.73. The maximum absolute atomic E-state index is 12.7. The van der Waals surface area contributed by atoms with Gasteiger partial charge in [0.1, 0.15) is 17.9 Å². The van der Waals surface area contributed by atoms with E-state index in [9.17, 15) is 4.79 Å². The van der Waals surface area contributed by atoms with Crippen molar-refractivity contribution < 1.29 is 23.2 Å². The molecule has 0 atom stereocenters. The molecule has 2 heterocycles. The number of hydrogen-bond acceptors (Lipinski definition) is 7. The third kappa shape index (κ3) is 3.84. The average molecular weight is 407 g/mol. The molecular formula is C22H21N3O5. The minimum Gasteiger partial charge on any atom is -0.493 e. The molecule has 0 saturated heterocycles. The summed E-state index contributed by atoms with van der Waals surface area (Å²) in [5, 5.41) is 6.78. The van der Waals surface area contributed by atoms with Crippen LogP contribution in [0.3, 0.4) is 0 Å². The molecule has 0 unspecified atom stereocenters. The molecule has 0 saturated carbocycles. The van der Waals surface area contributed by atoms with E-state index in [4.69, 9.17) is 18.4 Å². The number of carbonyl (C=O) groups excluding carboxylic acids is 1. The van der Waals surface area contributed by atoms with Gasteiger partial charge in [0.15, 0.2) is 23.0 Å². The second kappa shape index (κ2) is 7.90. The van der Waals surface area contributed by atoms with Crippen molar-refractivity contribution in [2.75, 3.05) is 12.4 Å². The van der Waals surface area contributed by atoms with E-state index in [1.807, 2.05) is 13.8 Å². The highest BCUT2D eigenvalue weighted by atomic mass is 16.5. The molecule has 0 spiro atoms. The van der Waals surface area contributed by atoms with Crippen molar-refractivity contribution in [2.45, 2.75) is 27.4 Å². The van der Waals surface area contributed by atoms with Crippen LogP contribution in [0.4, 0.5) is 5.69 Å². The number of aryl methyl sites for hydroxylation is 3. The summed E-state index contributed by atoms with van der Waals surface area (Å²) in [6, 6.07) is 10.3. The number of hydrogen-bond donors (Lipinski definition) is 1. The molecule has 8 nitrogen and oxygen atoms in total. The summed E-state index contributed by atoms with van der Waals surface area (Å²) >= 11 is 0. The first-order valence-electron chi connectivity index (χ1n) is 9.35. The topological polar surface area (TPSA) is 99.6 Å². The van der Waals surface area contributed by atoms with Crippen LogP contribution in [0.5, 0.6) is 11.5 Å². The highest BCUT2D eigenvalue weighted by Gasteiger charge is 2.15. The zero-order valence-corrected chi connectivity index (χ0v) is 17.1. The Morgan fingerprint density at radius 3 is 2.67 bits per heavy atom. The van der Waals surface area contributed by atoms with Crippen molar-refractivity contribution in [3.63, 3.8) is 0 Å². The van der Waals surface area contributed by atoms with Gasteiger partial charge in [0, 0.05) is 18.2 Å². The van der Waals surface area contributed by atoms with Crippen molar-refractivity contribution in [1.29, 1.82) is 0 Å². The summed E-state index contributed by atoms with van der Waals surface area (Å²) in [6.45, 7) is 5.76. The Kier molecular flexibility index (Phi) is 5.14. The van der Waals surface area contributed by atoms with Gasteiger partial charge in [-0.25, -0.2) is 4.98 Å². The van der Waals surface area contributed by atoms with Crippen molar-refractivity contribution in [1.82, 2.24) is 10.1 Å². The van der Waals surface area contributed by atoms with Crippen molar-refractivity contribution in [2.24, 2.45) is 0 Å². The Morgan fingerprint density at radius 2 is 1.93 bits per heavy atom. The van der Waals surface area contributed by atoms with Crippen LogP contribution in [0.25, 0.3) is 11.1 Å². The number of methoxy groups -OCH3 is 1. The average Bonchev–Trinajstić information content (AvgIpc) is 3.26. The van der Waals surface area contributed by atoms with Gasteiger partial charge in [0.2, 0.25) is 0 Å². The molecule has 2 aromatic carbocycles. The standard InChI is InChI=1S/C22H21N3O5/c1-12-17(13(2)30-25-12)11-28-20-7-5-15(9-21(20)27-4)22(26)24-16-6-8-19-18(10-16)23-14(3)29-19/h5-10H,11H2,1-4H3,(H,24,26). The van der Waals surface area contributed by atoms with Gasteiger partial charge >= 0.3 is 0 Å². The van der Waals surface area contributed by atoms with Crippen LogP contribution in [0.2, 0.25) is 0 Å². The van der Waals surface area contributed by atoms with Crippen LogP contribution in [0.15, 0.2) is 45.3 Å². The highest BCUT2D eigenvalue weighted by molar-refractivity contribution is 6.05. The number of amides is 1. The lowest BCUT2D eigenvalue weighted by molar-refractivity contribution is 0.102.